The van der Waals surface area contributed by atoms with Crippen molar-refractivity contribution in [2.75, 3.05) is 4.72 Å². The predicted octanol–water partition coefficient (Wildman–Crippen LogP) is 3.55. The van der Waals surface area contributed by atoms with Crippen molar-refractivity contribution in [2.24, 2.45) is 0 Å². The van der Waals surface area contributed by atoms with Gasteiger partial charge in [-0.3, -0.25) is 14.5 Å². The number of hydrogen-bond acceptors (Lipinski definition) is 4. The Morgan fingerprint density at radius 1 is 1.08 bits per heavy atom. The second kappa shape index (κ2) is 6.05. The molecule has 0 unspecified atom stereocenters. The molecule has 0 bridgehead atoms. The lowest BCUT2D eigenvalue weighted by Crippen LogP contribution is -2.13. The first-order valence-electron chi connectivity index (χ1n) is 7.36. The van der Waals surface area contributed by atoms with E-state index < -0.39 is 10.0 Å². The average molecular weight is 340 g/mol. The number of rotatable bonds is 4. The molecule has 0 amide bonds. The van der Waals surface area contributed by atoms with E-state index in [1.807, 2.05) is 19.1 Å². The molecule has 1 heterocycles. The molecule has 0 aliphatic carbocycles. The third-order valence-corrected chi connectivity index (χ3v) is 5.05. The van der Waals surface area contributed by atoms with Gasteiger partial charge in [0.05, 0.1) is 16.1 Å². The number of sulfonamides is 1. The van der Waals surface area contributed by atoms with Gasteiger partial charge in [-0.15, -0.1) is 0 Å². The molecule has 0 spiro atoms. The normalized spacial score (nSPS) is 11.4. The van der Waals surface area contributed by atoms with Gasteiger partial charge < -0.3 is 0 Å². The van der Waals surface area contributed by atoms with Gasteiger partial charge in [0.1, 0.15) is 0 Å². The van der Waals surface area contributed by atoms with E-state index in [9.17, 15) is 13.2 Å². The Bertz CT molecular complexity index is 1030. The van der Waals surface area contributed by atoms with E-state index in [0.29, 0.717) is 16.8 Å². The first-order valence-corrected chi connectivity index (χ1v) is 8.84. The second-order valence-corrected chi connectivity index (χ2v) is 7.26. The van der Waals surface area contributed by atoms with Gasteiger partial charge in [0.25, 0.3) is 10.0 Å². The number of nitrogens with one attached hydrogen (secondary N) is 1. The minimum Gasteiger partial charge on any atom is -0.295 e. The van der Waals surface area contributed by atoms with E-state index >= 15 is 0 Å². The molecule has 3 rings (SSSR count). The number of aryl methyl sites for hydroxylation is 1. The Balaban J connectivity index is 2.02. The first-order chi connectivity index (χ1) is 11.4. The number of hydrogen-bond donors (Lipinski definition) is 1. The van der Waals surface area contributed by atoms with Gasteiger partial charge in [-0.05, 0) is 49.7 Å². The van der Waals surface area contributed by atoms with Crippen molar-refractivity contribution < 1.29 is 13.2 Å². The molecular weight excluding hydrogens is 324 g/mol. The molecule has 5 nitrogen and oxygen atoms in total. The summed E-state index contributed by atoms with van der Waals surface area (Å²) in [5.41, 5.74) is 2.42. The first kappa shape index (κ1) is 16.1. The summed E-state index contributed by atoms with van der Waals surface area (Å²) in [7, 11) is -3.77. The fourth-order valence-corrected chi connectivity index (χ4v) is 3.55. The van der Waals surface area contributed by atoms with Gasteiger partial charge in [-0.25, -0.2) is 8.42 Å². The quantitative estimate of drug-likeness (QED) is 0.737. The maximum absolute atomic E-state index is 12.6. The van der Waals surface area contributed by atoms with Gasteiger partial charge in [0, 0.05) is 17.1 Å². The summed E-state index contributed by atoms with van der Waals surface area (Å²) in [5, 5.41) is 0.863. The van der Waals surface area contributed by atoms with Crippen LogP contribution in [0.1, 0.15) is 22.8 Å². The minimum atomic E-state index is -3.77. The number of nitrogens with zero attached hydrogens (tertiary/aromatic N) is 1. The predicted molar refractivity (Wildman–Crippen MR) is 93.7 cm³/mol. The maximum Gasteiger partial charge on any atom is 0.261 e. The Labute approximate surface area is 140 Å². The summed E-state index contributed by atoms with van der Waals surface area (Å²) in [6.07, 6.45) is 1.62. The largest absolute Gasteiger partial charge is 0.295 e. The van der Waals surface area contributed by atoms with Crippen LogP contribution < -0.4 is 4.72 Å². The molecule has 122 valence electrons. The number of ketones is 1. The molecule has 0 atom stereocenters. The van der Waals surface area contributed by atoms with Crippen LogP contribution in [0.4, 0.5) is 5.69 Å². The number of carbonyl (C=O) groups excluding carboxylic acids is 1. The van der Waals surface area contributed by atoms with Gasteiger partial charge in [0.15, 0.2) is 5.78 Å². The van der Waals surface area contributed by atoms with Crippen LogP contribution in [0.5, 0.6) is 0 Å². The van der Waals surface area contributed by atoms with E-state index in [4.69, 9.17) is 0 Å². The summed E-state index contributed by atoms with van der Waals surface area (Å²) in [6, 6.07) is 13.2. The molecule has 0 saturated carbocycles. The molecule has 0 aliphatic heterocycles. The molecule has 24 heavy (non-hydrogen) atoms. The molecule has 0 fully saturated rings. The number of benzene rings is 2. The number of aromatic nitrogens is 1. The Morgan fingerprint density at radius 2 is 1.79 bits per heavy atom. The van der Waals surface area contributed by atoms with E-state index in [1.165, 1.54) is 31.2 Å². The summed E-state index contributed by atoms with van der Waals surface area (Å²) in [4.78, 5) is 15.7. The van der Waals surface area contributed by atoms with Crippen molar-refractivity contribution in [3.8, 4) is 0 Å². The van der Waals surface area contributed by atoms with Crippen molar-refractivity contribution in [3.63, 3.8) is 0 Å². The zero-order valence-electron chi connectivity index (χ0n) is 13.3. The van der Waals surface area contributed by atoms with Crippen LogP contribution in [-0.4, -0.2) is 19.2 Å². The van der Waals surface area contributed by atoms with E-state index in [2.05, 4.69) is 9.71 Å². The maximum atomic E-state index is 12.6. The third-order valence-electron chi connectivity index (χ3n) is 3.66. The lowest BCUT2D eigenvalue weighted by atomic mass is 10.1. The van der Waals surface area contributed by atoms with Crippen LogP contribution >= 0.6 is 0 Å². The topological polar surface area (TPSA) is 76.1 Å². The third kappa shape index (κ3) is 3.14. The SMILES string of the molecule is CC(=O)c1ccc(S(=O)(=O)Nc2cc(C)cc3cccnc23)cc1. The number of Topliss-reactive ketones (excluding diaryl/α,β-unsaturated/α-hetero) is 1. The minimum absolute atomic E-state index is 0.0955. The number of carbonyl (C=O) groups is 1. The Hall–Kier alpha value is -2.73. The van der Waals surface area contributed by atoms with Crippen molar-refractivity contribution in [3.05, 3.63) is 65.9 Å². The molecule has 6 heteroatoms. The summed E-state index contributed by atoms with van der Waals surface area (Å²) in [5.74, 6) is -0.110. The zero-order chi connectivity index (χ0) is 17.3. The molecule has 0 aliphatic rings. The highest BCUT2D eigenvalue weighted by Crippen LogP contribution is 2.26. The fraction of sp³-hybridized carbons (Fsp3) is 0.111. The van der Waals surface area contributed by atoms with Crippen molar-refractivity contribution in [1.29, 1.82) is 0 Å². The smallest absolute Gasteiger partial charge is 0.261 e. The second-order valence-electron chi connectivity index (χ2n) is 5.57. The van der Waals surface area contributed by atoms with Crippen LogP contribution in [-0.2, 0) is 10.0 Å². The monoisotopic (exact) mass is 340 g/mol. The van der Waals surface area contributed by atoms with Crippen LogP contribution in [0.3, 0.4) is 0 Å². The van der Waals surface area contributed by atoms with Crippen molar-refractivity contribution in [1.82, 2.24) is 4.98 Å². The van der Waals surface area contributed by atoms with Crippen molar-refractivity contribution in [2.45, 2.75) is 18.7 Å². The summed E-state index contributed by atoms with van der Waals surface area (Å²) >= 11 is 0. The molecule has 2 aromatic carbocycles. The highest BCUT2D eigenvalue weighted by molar-refractivity contribution is 7.92. The van der Waals surface area contributed by atoms with Gasteiger partial charge in [-0.1, -0.05) is 18.2 Å². The van der Waals surface area contributed by atoms with Gasteiger partial charge in [0.2, 0.25) is 0 Å². The van der Waals surface area contributed by atoms with Crippen LogP contribution in [0, 0.1) is 6.92 Å². The van der Waals surface area contributed by atoms with Gasteiger partial charge in [-0.2, -0.15) is 0 Å². The van der Waals surface area contributed by atoms with Crippen LogP contribution in [0.2, 0.25) is 0 Å². The van der Waals surface area contributed by atoms with Gasteiger partial charge >= 0.3 is 0 Å². The van der Waals surface area contributed by atoms with Crippen molar-refractivity contribution >= 4 is 32.4 Å². The Kier molecular flexibility index (Phi) is 4.07. The molecule has 1 aromatic heterocycles. The van der Waals surface area contributed by atoms with Crippen LogP contribution in [0.15, 0.2) is 59.6 Å². The van der Waals surface area contributed by atoms with E-state index in [0.717, 1.165) is 10.9 Å². The molecule has 0 radical (unpaired) electrons. The molecule has 0 saturated heterocycles. The summed E-state index contributed by atoms with van der Waals surface area (Å²) in [6.45, 7) is 3.33. The number of pyridine rings is 1. The fourth-order valence-electron chi connectivity index (χ4n) is 2.49. The van der Waals surface area contributed by atoms with Crippen LogP contribution in [0.25, 0.3) is 10.9 Å². The molecular formula is C18H16N2O3S. The lowest BCUT2D eigenvalue weighted by Gasteiger charge is -2.11. The molecule has 3 aromatic rings. The summed E-state index contributed by atoms with van der Waals surface area (Å²) < 4.78 is 27.8. The number of anilines is 1. The average Bonchev–Trinajstić information content (AvgIpc) is 2.54. The zero-order valence-corrected chi connectivity index (χ0v) is 14.1. The number of fused-ring (bicyclic) bond motifs is 1. The standard InChI is InChI=1S/C18H16N2O3S/c1-12-10-15-4-3-9-19-18(15)17(11-12)20-24(22,23)16-7-5-14(6-8-16)13(2)21/h3-11,20H,1-2H3. The Morgan fingerprint density at radius 3 is 2.46 bits per heavy atom. The highest BCUT2D eigenvalue weighted by Gasteiger charge is 2.16. The van der Waals surface area contributed by atoms with E-state index in [-0.39, 0.29) is 10.7 Å². The lowest BCUT2D eigenvalue weighted by molar-refractivity contribution is 0.101. The highest BCUT2D eigenvalue weighted by atomic mass is 32.2. The molecule has 1 N–H and O–H groups in total. The van der Waals surface area contributed by atoms with E-state index in [1.54, 1.807) is 18.3 Å².